The third-order valence-electron chi connectivity index (χ3n) is 1.67. The van der Waals surface area contributed by atoms with E-state index in [1.54, 1.807) is 6.07 Å². The third-order valence-corrected chi connectivity index (χ3v) is 2.08. The van der Waals surface area contributed by atoms with Crippen LogP contribution < -0.4 is 0 Å². The zero-order valence-corrected chi connectivity index (χ0v) is 7.50. The molecule has 13 heavy (non-hydrogen) atoms. The van der Waals surface area contributed by atoms with Crippen molar-refractivity contribution in [2.45, 2.75) is 6.92 Å². The van der Waals surface area contributed by atoms with Crippen molar-refractivity contribution < 1.29 is 4.92 Å². The Morgan fingerprint density at radius 3 is 2.69 bits per heavy atom. The quantitative estimate of drug-likeness (QED) is 0.512. The molecule has 0 radical (unpaired) electrons. The molecule has 0 spiro atoms. The van der Waals surface area contributed by atoms with Crippen LogP contribution in [0.25, 0.3) is 0 Å². The predicted molar refractivity (Wildman–Crippen MR) is 47.6 cm³/mol. The highest BCUT2D eigenvalue weighted by Crippen LogP contribution is 2.28. The van der Waals surface area contributed by atoms with Crippen molar-refractivity contribution in [1.29, 1.82) is 5.26 Å². The van der Waals surface area contributed by atoms with E-state index in [1.165, 1.54) is 19.1 Å². The first kappa shape index (κ1) is 9.49. The lowest BCUT2D eigenvalue weighted by Crippen LogP contribution is -1.95. The van der Waals surface area contributed by atoms with Gasteiger partial charge in [0.1, 0.15) is 11.6 Å². The molecule has 0 saturated heterocycles. The van der Waals surface area contributed by atoms with Crippen molar-refractivity contribution in [2.24, 2.45) is 0 Å². The number of nitrogens with zero attached hydrogens (tertiary/aromatic N) is 2. The number of nitriles is 1. The highest BCUT2D eigenvalue weighted by atomic mass is 35.5. The Balaban J connectivity index is 3.53. The summed E-state index contributed by atoms with van der Waals surface area (Å²) in [6.45, 7) is 1.52. The van der Waals surface area contributed by atoms with Crippen LogP contribution in [0.3, 0.4) is 0 Å². The Kier molecular flexibility index (Phi) is 2.49. The Morgan fingerprint density at radius 2 is 2.23 bits per heavy atom. The second-order valence-corrected chi connectivity index (χ2v) is 2.84. The molecule has 4 nitrogen and oxygen atoms in total. The molecule has 5 heteroatoms. The minimum Gasteiger partial charge on any atom is -0.258 e. The van der Waals surface area contributed by atoms with Crippen molar-refractivity contribution in [2.75, 3.05) is 0 Å². The summed E-state index contributed by atoms with van der Waals surface area (Å²) in [5.41, 5.74) is 0.146. The number of hydrogen-bond donors (Lipinski definition) is 0. The zero-order chi connectivity index (χ0) is 10.0. The van der Waals surface area contributed by atoms with Crippen LogP contribution in [0.2, 0.25) is 5.02 Å². The second-order valence-electron chi connectivity index (χ2n) is 2.44. The molecule has 66 valence electrons. The number of halogens is 1. The molecule has 0 N–H and O–H groups in total. The second kappa shape index (κ2) is 3.42. The maximum atomic E-state index is 10.5. The van der Waals surface area contributed by atoms with Crippen LogP contribution in [0, 0.1) is 28.4 Å². The van der Waals surface area contributed by atoms with Gasteiger partial charge in [-0.2, -0.15) is 5.26 Å². The van der Waals surface area contributed by atoms with E-state index in [0.29, 0.717) is 10.6 Å². The number of hydrogen-bond acceptors (Lipinski definition) is 3. The molecule has 0 saturated carbocycles. The maximum Gasteiger partial charge on any atom is 0.291 e. The van der Waals surface area contributed by atoms with Crippen LogP contribution in [-0.2, 0) is 0 Å². The fraction of sp³-hybridized carbons (Fsp3) is 0.125. The van der Waals surface area contributed by atoms with E-state index in [9.17, 15) is 10.1 Å². The molecule has 0 atom stereocenters. The number of benzene rings is 1. The van der Waals surface area contributed by atoms with Gasteiger partial charge in [-0.3, -0.25) is 10.1 Å². The summed E-state index contributed by atoms with van der Waals surface area (Å²) in [6.07, 6.45) is 0. The highest BCUT2D eigenvalue weighted by molar-refractivity contribution is 6.31. The van der Waals surface area contributed by atoms with Crippen molar-refractivity contribution in [1.82, 2.24) is 0 Å². The van der Waals surface area contributed by atoms with E-state index in [2.05, 4.69) is 0 Å². The molecule has 0 aliphatic rings. The summed E-state index contributed by atoms with van der Waals surface area (Å²) in [7, 11) is 0. The fourth-order valence-electron chi connectivity index (χ4n) is 1.00. The third kappa shape index (κ3) is 1.60. The van der Waals surface area contributed by atoms with Gasteiger partial charge in [0.25, 0.3) is 5.69 Å². The lowest BCUT2D eigenvalue weighted by molar-refractivity contribution is -0.385. The minimum atomic E-state index is -0.597. The van der Waals surface area contributed by atoms with Crippen molar-refractivity contribution in [3.8, 4) is 6.07 Å². The van der Waals surface area contributed by atoms with E-state index >= 15 is 0 Å². The maximum absolute atomic E-state index is 10.5. The Labute approximate surface area is 79.5 Å². The van der Waals surface area contributed by atoms with E-state index in [0.717, 1.165) is 0 Å². The lowest BCUT2D eigenvalue weighted by atomic mass is 10.1. The van der Waals surface area contributed by atoms with Gasteiger partial charge in [-0.05, 0) is 19.1 Å². The summed E-state index contributed by atoms with van der Waals surface area (Å²) in [4.78, 5) is 9.95. The molecular weight excluding hydrogens is 192 g/mol. The average Bonchev–Trinajstić information content (AvgIpc) is 2.08. The Hall–Kier alpha value is -1.60. The Bertz CT molecular complexity index is 409. The van der Waals surface area contributed by atoms with E-state index in [1.807, 2.05) is 0 Å². The Morgan fingerprint density at radius 1 is 1.62 bits per heavy atom. The average molecular weight is 197 g/mol. The number of rotatable bonds is 1. The summed E-state index contributed by atoms with van der Waals surface area (Å²) in [6, 6.07) is 4.56. The molecule has 0 aromatic heterocycles. The van der Waals surface area contributed by atoms with Gasteiger partial charge in [0, 0.05) is 5.56 Å². The molecule has 0 aliphatic carbocycles. The summed E-state index contributed by atoms with van der Waals surface area (Å²) in [5, 5.41) is 19.4. The molecule has 1 rings (SSSR count). The topological polar surface area (TPSA) is 66.9 Å². The van der Waals surface area contributed by atoms with Crippen LogP contribution >= 0.6 is 11.6 Å². The normalized spacial score (nSPS) is 9.31. The van der Waals surface area contributed by atoms with Crippen LogP contribution in [0.15, 0.2) is 12.1 Å². The van der Waals surface area contributed by atoms with Crippen molar-refractivity contribution >= 4 is 17.3 Å². The van der Waals surface area contributed by atoms with Crippen LogP contribution in [0.4, 0.5) is 5.69 Å². The van der Waals surface area contributed by atoms with Gasteiger partial charge < -0.3 is 0 Å². The van der Waals surface area contributed by atoms with Gasteiger partial charge >= 0.3 is 0 Å². The van der Waals surface area contributed by atoms with Gasteiger partial charge in [-0.15, -0.1) is 0 Å². The molecule has 1 aromatic rings. The van der Waals surface area contributed by atoms with Crippen LogP contribution in [0.1, 0.15) is 11.1 Å². The summed E-state index contributed by atoms with van der Waals surface area (Å²) >= 11 is 5.67. The van der Waals surface area contributed by atoms with Gasteiger partial charge in [0.05, 0.1) is 9.95 Å². The summed E-state index contributed by atoms with van der Waals surface area (Å²) in [5.74, 6) is 0. The monoisotopic (exact) mass is 196 g/mol. The molecular formula is C8H5ClN2O2. The first-order valence-corrected chi connectivity index (χ1v) is 3.79. The number of nitro groups is 1. The van der Waals surface area contributed by atoms with E-state index in [-0.39, 0.29) is 11.3 Å². The SMILES string of the molecule is Cc1c(Cl)ccc(C#N)c1[N+](=O)[O-]. The standard InChI is InChI=1S/C8H5ClN2O2/c1-5-7(9)3-2-6(4-10)8(5)11(12)13/h2-3H,1H3. The molecule has 0 bridgehead atoms. The van der Waals surface area contributed by atoms with Crippen LogP contribution in [-0.4, -0.2) is 4.92 Å². The molecule has 1 aromatic carbocycles. The number of nitro benzene ring substituents is 1. The van der Waals surface area contributed by atoms with Gasteiger partial charge in [-0.1, -0.05) is 11.6 Å². The zero-order valence-electron chi connectivity index (χ0n) is 6.74. The lowest BCUT2D eigenvalue weighted by Gasteiger charge is -2.00. The molecule has 0 amide bonds. The summed E-state index contributed by atoms with van der Waals surface area (Å²) < 4.78 is 0. The molecule has 0 heterocycles. The van der Waals surface area contributed by atoms with Crippen molar-refractivity contribution in [3.63, 3.8) is 0 Å². The van der Waals surface area contributed by atoms with E-state index in [4.69, 9.17) is 16.9 Å². The van der Waals surface area contributed by atoms with Gasteiger partial charge in [0.15, 0.2) is 0 Å². The molecule has 0 fully saturated rings. The van der Waals surface area contributed by atoms with Gasteiger partial charge in [-0.25, -0.2) is 0 Å². The van der Waals surface area contributed by atoms with Crippen LogP contribution in [0.5, 0.6) is 0 Å². The largest absolute Gasteiger partial charge is 0.291 e. The highest BCUT2D eigenvalue weighted by Gasteiger charge is 2.18. The fourth-order valence-corrected chi connectivity index (χ4v) is 1.15. The van der Waals surface area contributed by atoms with E-state index < -0.39 is 4.92 Å². The molecule has 0 aliphatic heterocycles. The van der Waals surface area contributed by atoms with Crippen molar-refractivity contribution in [3.05, 3.63) is 38.4 Å². The smallest absolute Gasteiger partial charge is 0.258 e. The molecule has 0 unspecified atom stereocenters. The van der Waals surface area contributed by atoms with Gasteiger partial charge in [0.2, 0.25) is 0 Å². The first-order valence-electron chi connectivity index (χ1n) is 3.41. The minimum absolute atomic E-state index is 0.0342. The predicted octanol–water partition coefficient (Wildman–Crippen LogP) is 2.43. The first-order chi connectivity index (χ1) is 6.07.